The van der Waals surface area contributed by atoms with Crippen LogP contribution < -0.4 is 0 Å². The summed E-state index contributed by atoms with van der Waals surface area (Å²) in [6, 6.07) is 2.10. The van der Waals surface area contributed by atoms with Crippen molar-refractivity contribution in [3.8, 4) is 18.4 Å². The van der Waals surface area contributed by atoms with Gasteiger partial charge in [0.2, 0.25) is 0 Å². The molecule has 1 nitrogen and oxygen atoms in total. The summed E-state index contributed by atoms with van der Waals surface area (Å²) in [5.41, 5.74) is 1.80. The van der Waals surface area contributed by atoms with E-state index in [-0.39, 0.29) is 0 Å². The third kappa shape index (κ3) is 1.27. The summed E-state index contributed by atoms with van der Waals surface area (Å²) in [7, 11) is 0. The van der Waals surface area contributed by atoms with Crippen LogP contribution in [-0.2, 0) is 0 Å². The van der Waals surface area contributed by atoms with Crippen molar-refractivity contribution < 1.29 is 0 Å². The number of hydrogen-bond donors (Lipinski definition) is 0. The van der Waals surface area contributed by atoms with E-state index in [1.807, 2.05) is 6.08 Å². The lowest BCUT2D eigenvalue weighted by molar-refractivity contribution is 0.963. The molecule has 1 rings (SSSR count). The van der Waals surface area contributed by atoms with Gasteiger partial charge in [-0.1, -0.05) is 5.92 Å². The summed E-state index contributed by atoms with van der Waals surface area (Å²) in [5, 5.41) is 8.45. The van der Waals surface area contributed by atoms with Gasteiger partial charge in [-0.3, -0.25) is 0 Å². The fraction of sp³-hybridized carbons (Fsp3) is 0.222. The fourth-order valence-electron chi connectivity index (χ4n) is 0.851. The highest BCUT2D eigenvalue weighted by Crippen LogP contribution is 2.16. The van der Waals surface area contributed by atoms with Crippen LogP contribution >= 0.6 is 0 Å². The smallest absolute Gasteiger partial charge is 0.0947 e. The van der Waals surface area contributed by atoms with Crippen LogP contribution in [-0.4, -0.2) is 0 Å². The SMILES string of the molecule is C#CC1=CC=C(C#N)CC1. The van der Waals surface area contributed by atoms with Crippen molar-refractivity contribution >= 4 is 0 Å². The van der Waals surface area contributed by atoms with Crippen LogP contribution in [0.1, 0.15) is 12.8 Å². The van der Waals surface area contributed by atoms with E-state index in [1.54, 1.807) is 6.08 Å². The molecule has 0 aliphatic heterocycles. The zero-order valence-corrected chi connectivity index (χ0v) is 5.59. The van der Waals surface area contributed by atoms with E-state index in [1.165, 1.54) is 0 Å². The highest BCUT2D eigenvalue weighted by atomic mass is 14.2. The van der Waals surface area contributed by atoms with Gasteiger partial charge in [-0.2, -0.15) is 5.26 Å². The molecule has 0 fully saturated rings. The molecule has 0 saturated heterocycles. The molecule has 1 aliphatic rings. The Labute approximate surface area is 60.7 Å². The molecule has 0 amide bonds. The molecule has 0 atom stereocenters. The lowest BCUT2D eigenvalue weighted by Crippen LogP contribution is -1.88. The van der Waals surface area contributed by atoms with Crippen LogP contribution in [0.4, 0.5) is 0 Å². The lowest BCUT2D eigenvalue weighted by atomic mass is 10.0. The quantitative estimate of drug-likeness (QED) is 0.457. The number of hydrogen-bond acceptors (Lipinski definition) is 1. The Kier molecular flexibility index (Phi) is 1.92. The van der Waals surface area contributed by atoms with Gasteiger partial charge in [0.1, 0.15) is 0 Å². The van der Waals surface area contributed by atoms with E-state index in [0.717, 1.165) is 24.0 Å². The van der Waals surface area contributed by atoms with Crippen molar-refractivity contribution in [3.05, 3.63) is 23.3 Å². The number of nitriles is 1. The summed E-state index contributed by atoms with van der Waals surface area (Å²) in [6.45, 7) is 0. The molecule has 0 bridgehead atoms. The zero-order chi connectivity index (χ0) is 7.40. The van der Waals surface area contributed by atoms with Gasteiger partial charge < -0.3 is 0 Å². The van der Waals surface area contributed by atoms with Crippen LogP contribution in [0.2, 0.25) is 0 Å². The van der Waals surface area contributed by atoms with Crippen molar-refractivity contribution in [1.29, 1.82) is 5.26 Å². The summed E-state index contributed by atoms with van der Waals surface area (Å²) >= 11 is 0. The Hall–Kier alpha value is -1.47. The Bertz CT molecular complexity index is 238. The maximum absolute atomic E-state index is 8.45. The fourth-order valence-corrected chi connectivity index (χ4v) is 0.851. The first kappa shape index (κ1) is 6.65. The predicted molar refractivity (Wildman–Crippen MR) is 39.8 cm³/mol. The first-order chi connectivity index (χ1) is 4.86. The number of terminal acetylenes is 1. The zero-order valence-electron chi connectivity index (χ0n) is 5.59. The molecule has 48 valence electrons. The molecule has 0 radical (unpaired) electrons. The molecule has 1 aliphatic carbocycles. The highest BCUT2D eigenvalue weighted by molar-refractivity contribution is 5.38. The summed E-state index contributed by atoms with van der Waals surface area (Å²) in [6.07, 6.45) is 10.4. The van der Waals surface area contributed by atoms with Crippen molar-refractivity contribution in [2.24, 2.45) is 0 Å². The van der Waals surface area contributed by atoms with Crippen LogP contribution in [0.5, 0.6) is 0 Å². The van der Waals surface area contributed by atoms with Gasteiger partial charge in [0.25, 0.3) is 0 Å². The molecule has 0 aromatic heterocycles. The molecule has 0 saturated carbocycles. The lowest BCUT2D eigenvalue weighted by Gasteiger charge is -2.02. The van der Waals surface area contributed by atoms with E-state index in [0.29, 0.717) is 0 Å². The average molecular weight is 129 g/mol. The van der Waals surface area contributed by atoms with Crippen LogP contribution in [0.15, 0.2) is 23.3 Å². The normalized spacial score (nSPS) is 16.2. The molecule has 0 heterocycles. The number of nitrogens with zero attached hydrogens (tertiary/aromatic N) is 1. The maximum Gasteiger partial charge on any atom is 0.0947 e. The van der Waals surface area contributed by atoms with Crippen molar-refractivity contribution in [1.82, 2.24) is 0 Å². The van der Waals surface area contributed by atoms with Gasteiger partial charge in [0, 0.05) is 11.1 Å². The summed E-state index contributed by atoms with van der Waals surface area (Å²) < 4.78 is 0. The van der Waals surface area contributed by atoms with E-state index in [2.05, 4.69) is 12.0 Å². The van der Waals surface area contributed by atoms with E-state index in [4.69, 9.17) is 11.7 Å². The third-order valence-electron chi connectivity index (χ3n) is 1.48. The Morgan fingerprint density at radius 3 is 2.30 bits per heavy atom. The second-order valence-corrected chi connectivity index (χ2v) is 2.14. The molecule has 0 spiro atoms. The minimum atomic E-state index is 0.798. The Morgan fingerprint density at radius 1 is 1.30 bits per heavy atom. The van der Waals surface area contributed by atoms with Gasteiger partial charge in [-0.05, 0) is 25.0 Å². The Balaban J connectivity index is 2.79. The first-order valence-electron chi connectivity index (χ1n) is 3.13. The first-order valence-corrected chi connectivity index (χ1v) is 3.13. The van der Waals surface area contributed by atoms with Gasteiger partial charge in [-0.25, -0.2) is 0 Å². The highest BCUT2D eigenvalue weighted by Gasteiger charge is 2.01. The number of rotatable bonds is 0. The van der Waals surface area contributed by atoms with Crippen LogP contribution in [0.25, 0.3) is 0 Å². The van der Waals surface area contributed by atoms with Crippen molar-refractivity contribution in [3.63, 3.8) is 0 Å². The van der Waals surface area contributed by atoms with Gasteiger partial charge in [0.15, 0.2) is 0 Å². The monoisotopic (exact) mass is 129 g/mol. The summed E-state index contributed by atoms with van der Waals surface area (Å²) in [4.78, 5) is 0. The van der Waals surface area contributed by atoms with Crippen LogP contribution in [0.3, 0.4) is 0 Å². The molecule has 10 heavy (non-hydrogen) atoms. The molecule has 0 unspecified atom stereocenters. The predicted octanol–water partition coefficient (Wildman–Crippen LogP) is 1.79. The third-order valence-corrected chi connectivity index (χ3v) is 1.48. The van der Waals surface area contributed by atoms with E-state index >= 15 is 0 Å². The molecule has 0 aromatic rings. The van der Waals surface area contributed by atoms with E-state index in [9.17, 15) is 0 Å². The van der Waals surface area contributed by atoms with Gasteiger partial charge in [-0.15, -0.1) is 6.42 Å². The Morgan fingerprint density at radius 2 is 1.90 bits per heavy atom. The standard InChI is InChI=1S/C9H7N/c1-2-8-3-5-9(7-10)6-4-8/h1,3,5H,4,6H2. The molecular weight excluding hydrogens is 122 g/mol. The minimum absolute atomic E-state index is 0.798. The second kappa shape index (κ2) is 2.90. The maximum atomic E-state index is 8.45. The van der Waals surface area contributed by atoms with Crippen molar-refractivity contribution in [2.45, 2.75) is 12.8 Å². The summed E-state index contributed by atoms with van der Waals surface area (Å²) in [5.74, 6) is 2.56. The van der Waals surface area contributed by atoms with Crippen LogP contribution in [0, 0.1) is 23.7 Å². The van der Waals surface area contributed by atoms with Gasteiger partial charge >= 0.3 is 0 Å². The topological polar surface area (TPSA) is 23.8 Å². The molecule has 0 aromatic carbocycles. The number of allylic oxidation sites excluding steroid dienone is 4. The molecular formula is C9H7N. The molecule has 0 N–H and O–H groups in total. The molecule has 1 heteroatoms. The van der Waals surface area contributed by atoms with Gasteiger partial charge in [0.05, 0.1) is 6.07 Å². The second-order valence-electron chi connectivity index (χ2n) is 2.14. The van der Waals surface area contributed by atoms with E-state index < -0.39 is 0 Å². The minimum Gasteiger partial charge on any atom is -0.193 e. The average Bonchev–Trinajstić information content (AvgIpc) is 2.05. The largest absolute Gasteiger partial charge is 0.193 e. The van der Waals surface area contributed by atoms with Crippen molar-refractivity contribution in [2.75, 3.05) is 0 Å².